The van der Waals surface area contributed by atoms with E-state index in [1.54, 1.807) is 0 Å². The van der Waals surface area contributed by atoms with Crippen LogP contribution < -0.4 is 5.32 Å². The highest BCUT2D eigenvalue weighted by molar-refractivity contribution is 5.90. The van der Waals surface area contributed by atoms with Gasteiger partial charge in [-0.05, 0) is 30.4 Å². The molecule has 0 aliphatic rings. The molecule has 0 spiro atoms. The summed E-state index contributed by atoms with van der Waals surface area (Å²) < 4.78 is 0. The van der Waals surface area contributed by atoms with Crippen LogP contribution in [0.2, 0.25) is 0 Å². The molecule has 0 fully saturated rings. The third kappa shape index (κ3) is 5.85. The zero-order valence-corrected chi connectivity index (χ0v) is 11.8. The molecule has 1 amide bonds. The number of hydrogen-bond donors (Lipinski definition) is 1. The summed E-state index contributed by atoms with van der Waals surface area (Å²) in [4.78, 5) is 11.9. The molecule has 100 valence electrons. The molecule has 18 heavy (non-hydrogen) atoms. The molecule has 0 aromatic heterocycles. The van der Waals surface area contributed by atoms with E-state index in [1.807, 2.05) is 30.3 Å². The average molecular weight is 247 g/mol. The third-order valence-electron chi connectivity index (χ3n) is 3.26. The zero-order valence-electron chi connectivity index (χ0n) is 11.8. The lowest BCUT2D eigenvalue weighted by atomic mass is 9.93. The van der Waals surface area contributed by atoms with E-state index in [0.717, 1.165) is 24.4 Å². The Bertz CT molecular complexity index is 345. The average Bonchev–Trinajstić information content (AvgIpc) is 2.35. The predicted octanol–water partition coefficient (Wildman–Crippen LogP) is 4.48. The van der Waals surface area contributed by atoms with Crippen LogP contribution in [0.1, 0.15) is 46.5 Å². The van der Waals surface area contributed by atoms with Crippen molar-refractivity contribution in [2.75, 3.05) is 5.32 Å². The van der Waals surface area contributed by atoms with Crippen molar-refractivity contribution in [2.45, 2.75) is 46.5 Å². The minimum atomic E-state index is 0.136. The molecule has 0 saturated heterocycles. The lowest BCUT2D eigenvalue weighted by molar-refractivity contribution is -0.117. The molecule has 0 aliphatic carbocycles. The lowest BCUT2D eigenvalue weighted by Crippen LogP contribution is -2.16. The number of rotatable bonds is 7. The van der Waals surface area contributed by atoms with E-state index in [2.05, 4.69) is 26.1 Å². The van der Waals surface area contributed by atoms with Gasteiger partial charge in [0.05, 0.1) is 0 Å². The van der Waals surface area contributed by atoms with E-state index in [9.17, 15) is 4.79 Å². The molecule has 1 unspecified atom stereocenters. The second-order valence-electron chi connectivity index (χ2n) is 5.36. The Balaban J connectivity index is 2.37. The van der Waals surface area contributed by atoms with Crippen molar-refractivity contribution in [3.05, 3.63) is 30.3 Å². The number of benzene rings is 1. The van der Waals surface area contributed by atoms with Gasteiger partial charge in [-0.15, -0.1) is 0 Å². The highest BCUT2D eigenvalue weighted by Crippen LogP contribution is 2.19. The highest BCUT2D eigenvalue weighted by atomic mass is 16.1. The Morgan fingerprint density at radius 1 is 1.17 bits per heavy atom. The van der Waals surface area contributed by atoms with Crippen molar-refractivity contribution in [1.29, 1.82) is 0 Å². The molecule has 0 bridgehead atoms. The van der Waals surface area contributed by atoms with E-state index < -0.39 is 0 Å². The van der Waals surface area contributed by atoms with Crippen LogP contribution in [0, 0.1) is 11.8 Å². The van der Waals surface area contributed by atoms with Crippen LogP contribution in [0.5, 0.6) is 0 Å². The predicted molar refractivity (Wildman–Crippen MR) is 77.5 cm³/mol. The summed E-state index contributed by atoms with van der Waals surface area (Å²) in [5.74, 6) is 1.36. The quantitative estimate of drug-likeness (QED) is 0.756. The van der Waals surface area contributed by atoms with Gasteiger partial charge in [0, 0.05) is 12.1 Å². The van der Waals surface area contributed by atoms with E-state index >= 15 is 0 Å². The number of carbonyl (C=O) groups is 1. The minimum Gasteiger partial charge on any atom is -0.326 e. The number of hydrogen-bond acceptors (Lipinski definition) is 1. The minimum absolute atomic E-state index is 0.136. The van der Waals surface area contributed by atoms with Crippen molar-refractivity contribution in [3.8, 4) is 0 Å². The monoisotopic (exact) mass is 247 g/mol. The Hall–Kier alpha value is -1.31. The van der Waals surface area contributed by atoms with Crippen molar-refractivity contribution in [1.82, 2.24) is 0 Å². The molecule has 2 heteroatoms. The van der Waals surface area contributed by atoms with E-state index in [-0.39, 0.29) is 5.91 Å². The van der Waals surface area contributed by atoms with E-state index in [4.69, 9.17) is 0 Å². The molecule has 0 radical (unpaired) electrons. The lowest BCUT2D eigenvalue weighted by Gasteiger charge is -2.15. The molecule has 0 heterocycles. The topological polar surface area (TPSA) is 29.1 Å². The Morgan fingerprint density at radius 3 is 2.39 bits per heavy atom. The fraction of sp³-hybridized carbons (Fsp3) is 0.562. The largest absolute Gasteiger partial charge is 0.326 e. The molecule has 1 aromatic carbocycles. The van der Waals surface area contributed by atoms with E-state index in [1.165, 1.54) is 6.42 Å². The molecular formula is C16H25NO. The fourth-order valence-electron chi connectivity index (χ4n) is 2.02. The summed E-state index contributed by atoms with van der Waals surface area (Å²) >= 11 is 0. The summed E-state index contributed by atoms with van der Waals surface area (Å²) in [6, 6.07) is 9.67. The van der Waals surface area contributed by atoms with Crippen LogP contribution in [0.15, 0.2) is 30.3 Å². The highest BCUT2D eigenvalue weighted by Gasteiger charge is 2.12. The van der Waals surface area contributed by atoms with Gasteiger partial charge in [-0.2, -0.15) is 0 Å². The Kier molecular flexibility index (Phi) is 6.48. The van der Waals surface area contributed by atoms with Crippen molar-refractivity contribution in [3.63, 3.8) is 0 Å². The Morgan fingerprint density at radius 2 is 1.83 bits per heavy atom. The van der Waals surface area contributed by atoms with Crippen molar-refractivity contribution >= 4 is 11.6 Å². The number of carbonyl (C=O) groups excluding carboxylic acids is 1. The van der Waals surface area contributed by atoms with Gasteiger partial charge in [0.15, 0.2) is 0 Å². The van der Waals surface area contributed by atoms with Crippen molar-refractivity contribution in [2.24, 2.45) is 11.8 Å². The maximum atomic E-state index is 11.9. The first kappa shape index (κ1) is 14.7. The molecule has 0 aliphatic heterocycles. The standard InChI is InChI=1S/C16H25NO/c1-4-14(11-10-13(2)3)12-16(18)17-15-8-6-5-7-9-15/h5-9,13-14H,4,10-12H2,1-3H3,(H,17,18). The summed E-state index contributed by atoms with van der Waals surface area (Å²) in [7, 11) is 0. The first-order chi connectivity index (χ1) is 8.61. The maximum Gasteiger partial charge on any atom is 0.224 e. The molecular weight excluding hydrogens is 222 g/mol. The number of anilines is 1. The number of nitrogens with one attached hydrogen (secondary N) is 1. The number of para-hydroxylation sites is 1. The van der Waals surface area contributed by atoms with Crippen LogP contribution in [-0.4, -0.2) is 5.91 Å². The smallest absolute Gasteiger partial charge is 0.224 e. The van der Waals surface area contributed by atoms with Crippen LogP contribution >= 0.6 is 0 Å². The van der Waals surface area contributed by atoms with Gasteiger partial charge in [0.25, 0.3) is 0 Å². The molecule has 1 N–H and O–H groups in total. The SMILES string of the molecule is CCC(CCC(C)C)CC(=O)Nc1ccccc1. The molecule has 1 rings (SSSR count). The first-order valence-corrected chi connectivity index (χ1v) is 6.96. The molecule has 1 aromatic rings. The normalized spacial score (nSPS) is 12.4. The summed E-state index contributed by atoms with van der Waals surface area (Å²) in [6.07, 6.45) is 4.07. The van der Waals surface area contributed by atoms with Crippen molar-refractivity contribution < 1.29 is 4.79 Å². The zero-order chi connectivity index (χ0) is 13.4. The second-order valence-corrected chi connectivity index (χ2v) is 5.36. The van der Waals surface area contributed by atoms with Gasteiger partial charge < -0.3 is 5.32 Å². The van der Waals surface area contributed by atoms with Gasteiger partial charge in [0.1, 0.15) is 0 Å². The molecule has 1 atom stereocenters. The van der Waals surface area contributed by atoms with Gasteiger partial charge in [-0.3, -0.25) is 4.79 Å². The summed E-state index contributed by atoms with van der Waals surface area (Å²) in [5.41, 5.74) is 0.890. The fourth-order valence-corrected chi connectivity index (χ4v) is 2.02. The van der Waals surface area contributed by atoms with Crippen LogP contribution in [0.25, 0.3) is 0 Å². The Labute approximate surface area is 111 Å². The molecule has 2 nitrogen and oxygen atoms in total. The first-order valence-electron chi connectivity index (χ1n) is 6.96. The van der Waals surface area contributed by atoms with Gasteiger partial charge in [-0.25, -0.2) is 0 Å². The molecule has 0 saturated carbocycles. The van der Waals surface area contributed by atoms with Crippen LogP contribution in [0.4, 0.5) is 5.69 Å². The number of amides is 1. The van der Waals surface area contributed by atoms with Gasteiger partial charge in [0.2, 0.25) is 5.91 Å². The maximum absolute atomic E-state index is 11.9. The van der Waals surface area contributed by atoms with Crippen LogP contribution in [0.3, 0.4) is 0 Å². The summed E-state index contributed by atoms with van der Waals surface area (Å²) in [6.45, 7) is 6.63. The second kappa shape index (κ2) is 7.91. The summed E-state index contributed by atoms with van der Waals surface area (Å²) in [5, 5.41) is 2.96. The van der Waals surface area contributed by atoms with E-state index in [0.29, 0.717) is 12.3 Å². The van der Waals surface area contributed by atoms with Gasteiger partial charge in [-0.1, -0.05) is 51.8 Å². The third-order valence-corrected chi connectivity index (χ3v) is 3.26. The van der Waals surface area contributed by atoms with Gasteiger partial charge >= 0.3 is 0 Å². The van der Waals surface area contributed by atoms with Crippen LogP contribution in [-0.2, 0) is 4.79 Å².